The maximum absolute atomic E-state index is 5.59. The summed E-state index contributed by atoms with van der Waals surface area (Å²) in [6.45, 7) is 5.14. The van der Waals surface area contributed by atoms with E-state index in [1.807, 2.05) is 80.6 Å². The molecule has 0 aliphatic carbocycles. The van der Waals surface area contributed by atoms with Crippen molar-refractivity contribution in [1.82, 2.24) is 0 Å². The van der Waals surface area contributed by atoms with Crippen molar-refractivity contribution in [2.75, 3.05) is 0 Å². The second-order valence-corrected chi connectivity index (χ2v) is 6.48. The van der Waals surface area contributed by atoms with E-state index in [1.165, 1.54) is 12.8 Å². The molecule has 0 fully saturated rings. The van der Waals surface area contributed by atoms with Gasteiger partial charge in [-0.15, -0.1) is 0 Å². The molecule has 4 nitrogen and oxygen atoms in total. The molecule has 3 aromatic rings. The SMILES string of the molecule is Cc1ccccc1OC=NCc1cccc(CN=COc2ccccc2C)c1. The zero-order chi connectivity index (χ0) is 19.6. The average molecular weight is 372 g/mol. The number of nitrogens with zero attached hydrogens (tertiary/aromatic N) is 2. The summed E-state index contributed by atoms with van der Waals surface area (Å²) in [4.78, 5) is 8.71. The Morgan fingerprint density at radius 2 is 1.11 bits per heavy atom. The Hall–Kier alpha value is -3.40. The minimum absolute atomic E-state index is 0.559. The highest BCUT2D eigenvalue weighted by molar-refractivity contribution is 5.54. The molecule has 0 N–H and O–H groups in total. The minimum atomic E-state index is 0.559. The lowest BCUT2D eigenvalue weighted by Gasteiger charge is -2.04. The molecule has 0 heterocycles. The van der Waals surface area contributed by atoms with Crippen molar-refractivity contribution in [2.45, 2.75) is 26.9 Å². The van der Waals surface area contributed by atoms with Gasteiger partial charge in [0.05, 0.1) is 13.1 Å². The standard InChI is InChI=1S/C24H24N2O2/c1-19-8-3-5-12-23(19)27-17-25-15-21-10-7-11-22(14-21)16-26-18-28-24-13-6-4-9-20(24)2/h3-14,17-18H,15-16H2,1-2H3. The summed E-state index contributed by atoms with van der Waals surface area (Å²) < 4.78 is 11.2. The molecule has 0 atom stereocenters. The zero-order valence-electron chi connectivity index (χ0n) is 16.2. The van der Waals surface area contributed by atoms with Crippen LogP contribution in [0.4, 0.5) is 0 Å². The molecule has 3 aromatic carbocycles. The Bertz CT molecular complexity index is 889. The molecule has 0 amide bonds. The topological polar surface area (TPSA) is 43.2 Å². The molecule has 0 saturated carbocycles. The predicted molar refractivity (Wildman–Crippen MR) is 114 cm³/mol. The van der Waals surface area contributed by atoms with Gasteiger partial charge in [0.2, 0.25) is 0 Å². The molecule has 0 aliphatic rings. The number of hydrogen-bond acceptors (Lipinski definition) is 4. The quantitative estimate of drug-likeness (QED) is 0.386. The van der Waals surface area contributed by atoms with Crippen molar-refractivity contribution in [3.63, 3.8) is 0 Å². The van der Waals surface area contributed by atoms with E-state index in [0.29, 0.717) is 13.1 Å². The Morgan fingerprint density at radius 1 is 0.643 bits per heavy atom. The summed E-state index contributed by atoms with van der Waals surface area (Å²) in [5, 5.41) is 0. The smallest absolute Gasteiger partial charge is 0.176 e. The molecule has 0 saturated heterocycles. The summed E-state index contributed by atoms with van der Waals surface area (Å²) in [5.74, 6) is 1.64. The number of hydrogen-bond donors (Lipinski definition) is 0. The van der Waals surface area contributed by atoms with Crippen molar-refractivity contribution >= 4 is 12.8 Å². The van der Waals surface area contributed by atoms with Crippen LogP contribution in [0.3, 0.4) is 0 Å². The van der Waals surface area contributed by atoms with Gasteiger partial charge in [-0.25, -0.2) is 0 Å². The van der Waals surface area contributed by atoms with Gasteiger partial charge in [0.15, 0.2) is 12.8 Å². The Morgan fingerprint density at radius 3 is 1.57 bits per heavy atom. The average Bonchev–Trinajstić information content (AvgIpc) is 2.71. The van der Waals surface area contributed by atoms with Crippen molar-refractivity contribution in [3.05, 3.63) is 95.1 Å². The highest BCUT2D eigenvalue weighted by Gasteiger charge is 1.97. The van der Waals surface area contributed by atoms with Gasteiger partial charge >= 0.3 is 0 Å². The molecular weight excluding hydrogens is 348 g/mol. The first-order valence-electron chi connectivity index (χ1n) is 9.21. The molecule has 0 unspecified atom stereocenters. The minimum Gasteiger partial charge on any atom is -0.446 e. The number of aliphatic imine (C=N–C) groups is 2. The van der Waals surface area contributed by atoms with Gasteiger partial charge in [0.1, 0.15) is 11.5 Å². The molecule has 0 radical (unpaired) electrons. The lowest BCUT2D eigenvalue weighted by Crippen LogP contribution is -1.94. The van der Waals surface area contributed by atoms with E-state index < -0.39 is 0 Å². The largest absolute Gasteiger partial charge is 0.446 e. The van der Waals surface area contributed by atoms with Crippen molar-refractivity contribution < 1.29 is 9.47 Å². The molecular formula is C24H24N2O2. The fourth-order valence-corrected chi connectivity index (χ4v) is 2.68. The second-order valence-electron chi connectivity index (χ2n) is 6.48. The molecule has 0 aliphatic heterocycles. The highest BCUT2D eigenvalue weighted by Crippen LogP contribution is 2.16. The van der Waals surface area contributed by atoms with Crippen LogP contribution in [0, 0.1) is 13.8 Å². The third-order valence-corrected chi connectivity index (χ3v) is 4.23. The molecule has 142 valence electrons. The Kier molecular flexibility index (Phi) is 6.96. The lowest BCUT2D eigenvalue weighted by atomic mass is 10.1. The first-order chi connectivity index (χ1) is 13.7. The number of ether oxygens (including phenoxy) is 2. The van der Waals surface area contributed by atoms with E-state index >= 15 is 0 Å². The van der Waals surface area contributed by atoms with Crippen LogP contribution in [-0.4, -0.2) is 12.8 Å². The Balaban J connectivity index is 1.49. The van der Waals surface area contributed by atoms with E-state index in [9.17, 15) is 0 Å². The summed E-state index contributed by atoms with van der Waals surface area (Å²) in [7, 11) is 0. The summed E-state index contributed by atoms with van der Waals surface area (Å²) >= 11 is 0. The van der Waals surface area contributed by atoms with Crippen LogP contribution in [0.25, 0.3) is 0 Å². The third kappa shape index (κ3) is 5.81. The van der Waals surface area contributed by atoms with Crippen molar-refractivity contribution in [3.8, 4) is 11.5 Å². The van der Waals surface area contributed by atoms with E-state index in [0.717, 1.165) is 33.8 Å². The molecule has 0 bridgehead atoms. The predicted octanol–water partition coefficient (Wildman–Crippen LogP) is 5.52. The van der Waals surface area contributed by atoms with Crippen LogP contribution in [0.2, 0.25) is 0 Å². The number of aryl methyl sites for hydroxylation is 2. The number of benzene rings is 3. The fourth-order valence-electron chi connectivity index (χ4n) is 2.68. The van der Waals surface area contributed by atoms with E-state index in [1.54, 1.807) is 0 Å². The van der Waals surface area contributed by atoms with Gasteiger partial charge in [0, 0.05) is 0 Å². The molecule has 0 aromatic heterocycles. The summed E-state index contributed by atoms with van der Waals surface area (Å²) in [6, 6.07) is 23.9. The van der Waals surface area contributed by atoms with E-state index in [4.69, 9.17) is 9.47 Å². The second kappa shape index (κ2) is 10.1. The molecule has 28 heavy (non-hydrogen) atoms. The van der Waals surface area contributed by atoms with Crippen LogP contribution in [0.5, 0.6) is 11.5 Å². The third-order valence-electron chi connectivity index (χ3n) is 4.23. The molecule has 0 spiro atoms. The van der Waals surface area contributed by atoms with Gasteiger partial charge in [-0.2, -0.15) is 0 Å². The zero-order valence-corrected chi connectivity index (χ0v) is 16.2. The fraction of sp³-hybridized carbons (Fsp3) is 0.167. The van der Waals surface area contributed by atoms with Crippen LogP contribution in [0.15, 0.2) is 82.8 Å². The first-order valence-corrected chi connectivity index (χ1v) is 9.21. The van der Waals surface area contributed by atoms with E-state index in [-0.39, 0.29) is 0 Å². The lowest BCUT2D eigenvalue weighted by molar-refractivity contribution is 0.565. The maximum atomic E-state index is 5.59. The number of rotatable bonds is 8. The van der Waals surface area contributed by atoms with Crippen LogP contribution in [-0.2, 0) is 13.1 Å². The van der Waals surface area contributed by atoms with Gasteiger partial charge < -0.3 is 9.47 Å². The van der Waals surface area contributed by atoms with Gasteiger partial charge in [-0.1, -0.05) is 60.7 Å². The highest BCUT2D eigenvalue weighted by atomic mass is 16.5. The van der Waals surface area contributed by atoms with Crippen molar-refractivity contribution in [1.29, 1.82) is 0 Å². The number of para-hydroxylation sites is 2. The van der Waals surface area contributed by atoms with Gasteiger partial charge in [-0.3, -0.25) is 9.98 Å². The summed E-state index contributed by atoms with van der Waals surface area (Å²) in [5.41, 5.74) is 4.39. The monoisotopic (exact) mass is 372 g/mol. The molecule has 3 rings (SSSR count). The van der Waals surface area contributed by atoms with Gasteiger partial charge in [0.25, 0.3) is 0 Å². The van der Waals surface area contributed by atoms with Crippen LogP contribution >= 0.6 is 0 Å². The first kappa shape index (κ1) is 19.4. The van der Waals surface area contributed by atoms with Gasteiger partial charge in [-0.05, 0) is 48.2 Å². The molecule has 4 heteroatoms. The Labute approximate surface area is 166 Å². The summed E-state index contributed by atoms with van der Waals surface area (Å²) in [6.07, 6.45) is 3.01. The van der Waals surface area contributed by atoms with E-state index in [2.05, 4.69) is 16.1 Å². The maximum Gasteiger partial charge on any atom is 0.176 e. The van der Waals surface area contributed by atoms with Crippen LogP contribution in [0.1, 0.15) is 22.3 Å². The van der Waals surface area contributed by atoms with Crippen molar-refractivity contribution in [2.24, 2.45) is 9.98 Å². The normalized spacial score (nSPS) is 11.2. The van der Waals surface area contributed by atoms with Crippen LogP contribution < -0.4 is 9.47 Å².